The van der Waals surface area contributed by atoms with Crippen molar-refractivity contribution in [1.29, 1.82) is 10.5 Å². The molecule has 13 nitrogen and oxygen atoms in total. The Morgan fingerprint density at radius 1 is 0.941 bits per heavy atom. The lowest BCUT2D eigenvalue weighted by Gasteiger charge is -2.50. The van der Waals surface area contributed by atoms with E-state index in [1.807, 2.05) is 49.9 Å². The Bertz CT molecular complexity index is 2170. The van der Waals surface area contributed by atoms with E-state index in [4.69, 9.17) is 24.3 Å². The van der Waals surface area contributed by atoms with E-state index in [-0.39, 0.29) is 18.1 Å². The Hall–Kier alpha value is -5.34. The van der Waals surface area contributed by atoms with Crippen LogP contribution in [0.2, 0.25) is 0 Å². The summed E-state index contributed by atoms with van der Waals surface area (Å²) in [5, 5.41) is 29.6. The second-order valence-corrected chi connectivity index (χ2v) is 14.4. The van der Waals surface area contributed by atoms with Gasteiger partial charge in [0.2, 0.25) is 5.88 Å². The molecule has 0 amide bonds. The summed E-state index contributed by atoms with van der Waals surface area (Å²) in [7, 11) is 1.61. The summed E-state index contributed by atoms with van der Waals surface area (Å²) in [6, 6.07) is 15.5. The fourth-order valence-corrected chi connectivity index (χ4v) is 8.65. The van der Waals surface area contributed by atoms with E-state index in [1.54, 1.807) is 17.8 Å². The van der Waals surface area contributed by atoms with Crippen LogP contribution in [-0.2, 0) is 16.0 Å². The van der Waals surface area contributed by atoms with Crippen molar-refractivity contribution in [3.05, 3.63) is 78.6 Å². The lowest BCUT2D eigenvalue weighted by Crippen LogP contribution is -2.65. The van der Waals surface area contributed by atoms with Crippen LogP contribution in [0.5, 0.6) is 5.88 Å². The summed E-state index contributed by atoms with van der Waals surface area (Å²) in [6.45, 7) is 5.56. The molecule has 4 aliphatic rings. The van der Waals surface area contributed by atoms with Crippen LogP contribution in [0.25, 0.3) is 27.8 Å². The number of anilines is 1. The van der Waals surface area contributed by atoms with E-state index in [2.05, 4.69) is 55.0 Å². The van der Waals surface area contributed by atoms with Gasteiger partial charge in [0.05, 0.1) is 67.4 Å². The minimum atomic E-state index is -0.551. The first-order valence-electron chi connectivity index (χ1n) is 17.5. The van der Waals surface area contributed by atoms with Gasteiger partial charge in [-0.25, -0.2) is 14.5 Å². The molecule has 51 heavy (non-hydrogen) atoms. The molecule has 3 aliphatic heterocycles. The third-order valence-electron chi connectivity index (χ3n) is 11.3. The van der Waals surface area contributed by atoms with E-state index in [0.29, 0.717) is 31.2 Å². The maximum Gasteiger partial charge on any atom is 0.212 e. The van der Waals surface area contributed by atoms with Crippen molar-refractivity contribution in [2.24, 2.45) is 5.41 Å². The quantitative estimate of drug-likeness (QED) is 0.229. The highest BCUT2D eigenvalue weighted by atomic mass is 16.7. The third-order valence-corrected chi connectivity index (χ3v) is 11.3. The first kappa shape index (κ1) is 31.6. The van der Waals surface area contributed by atoms with Crippen LogP contribution in [0, 0.1) is 28.1 Å². The minimum Gasteiger partial charge on any atom is -0.481 e. The number of hydrogen-bond donors (Lipinski definition) is 0. The molecule has 0 N–H and O–H groups in total. The van der Waals surface area contributed by atoms with Gasteiger partial charge in [-0.1, -0.05) is 6.07 Å². The molecule has 1 aliphatic carbocycles. The SMILES string of the molecule is COc1ccc(CN2C[C@@](C)(C#N)[C@H]3[C@@H]2CN3c2ccc(-c3cc(-c4cnn(C5CCC6(CC5)OCCO6)c4)cn4ncc(C#N)c34)cn2)cn1. The minimum absolute atomic E-state index is 0.0200. The summed E-state index contributed by atoms with van der Waals surface area (Å²) < 4.78 is 20.9. The van der Waals surface area contributed by atoms with Gasteiger partial charge in [-0.15, -0.1) is 0 Å². The number of methoxy groups -OCH3 is 1. The van der Waals surface area contributed by atoms with E-state index in [0.717, 1.165) is 77.9 Å². The van der Waals surface area contributed by atoms with E-state index in [9.17, 15) is 10.5 Å². The third kappa shape index (κ3) is 5.31. The Labute approximate surface area is 295 Å². The Kier molecular flexibility index (Phi) is 7.54. The first-order chi connectivity index (χ1) is 24.9. The number of likely N-dealkylation sites (tertiary alicyclic amines) is 1. The van der Waals surface area contributed by atoms with Gasteiger partial charge in [-0.05, 0) is 43.5 Å². The van der Waals surface area contributed by atoms with Crippen LogP contribution in [0.4, 0.5) is 5.82 Å². The molecule has 13 heteroatoms. The van der Waals surface area contributed by atoms with Crippen LogP contribution >= 0.6 is 0 Å². The van der Waals surface area contributed by atoms with Crippen molar-refractivity contribution in [3.8, 4) is 40.3 Å². The molecule has 1 saturated carbocycles. The van der Waals surface area contributed by atoms with E-state index in [1.165, 1.54) is 0 Å². The second kappa shape index (κ2) is 12.2. The molecule has 0 unspecified atom stereocenters. The second-order valence-electron chi connectivity index (χ2n) is 14.4. The number of ether oxygens (including phenoxy) is 3. The van der Waals surface area contributed by atoms with Gasteiger partial charge in [-0.2, -0.15) is 20.7 Å². The number of fused-ring (bicyclic) bond motifs is 2. The van der Waals surface area contributed by atoms with Gasteiger partial charge >= 0.3 is 0 Å². The molecule has 3 atom stereocenters. The Morgan fingerprint density at radius 2 is 1.78 bits per heavy atom. The van der Waals surface area contributed by atoms with Crippen molar-refractivity contribution in [2.45, 2.75) is 63.1 Å². The summed E-state index contributed by atoms with van der Waals surface area (Å²) in [6.07, 6.45) is 14.9. The highest BCUT2D eigenvalue weighted by molar-refractivity contribution is 5.87. The van der Waals surface area contributed by atoms with Gasteiger partial charge in [0.1, 0.15) is 11.9 Å². The molecular weight excluding hydrogens is 644 g/mol. The van der Waals surface area contributed by atoms with Crippen molar-refractivity contribution < 1.29 is 14.2 Å². The fourth-order valence-electron chi connectivity index (χ4n) is 8.65. The fraction of sp³-hybridized carbons (Fsp3) is 0.421. The van der Waals surface area contributed by atoms with Crippen molar-refractivity contribution in [3.63, 3.8) is 0 Å². The molecule has 0 aromatic carbocycles. The van der Waals surface area contributed by atoms with Crippen LogP contribution in [0.15, 0.2) is 67.5 Å². The van der Waals surface area contributed by atoms with E-state index < -0.39 is 11.2 Å². The number of hydrogen-bond acceptors (Lipinski definition) is 11. The van der Waals surface area contributed by atoms with Crippen molar-refractivity contribution >= 4 is 11.3 Å². The Balaban J connectivity index is 0.967. The molecule has 0 radical (unpaired) electrons. The Morgan fingerprint density at radius 3 is 2.49 bits per heavy atom. The number of aromatic nitrogens is 6. The molecule has 4 fully saturated rings. The predicted octanol–water partition coefficient (Wildman–Crippen LogP) is 5.00. The predicted molar refractivity (Wildman–Crippen MR) is 186 cm³/mol. The number of nitriles is 2. The normalized spacial score (nSPS) is 24.4. The summed E-state index contributed by atoms with van der Waals surface area (Å²) in [5.41, 5.74) is 5.44. The molecule has 258 valence electrons. The lowest BCUT2D eigenvalue weighted by molar-refractivity contribution is -0.181. The summed E-state index contributed by atoms with van der Waals surface area (Å²) in [5.74, 6) is 1.01. The largest absolute Gasteiger partial charge is 0.481 e. The van der Waals surface area contributed by atoms with Crippen LogP contribution in [0.3, 0.4) is 0 Å². The summed E-state index contributed by atoms with van der Waals surface area (Å²) in [4.78, 5) is 13.9. The van der Waals surface area contributed by atoms with Gasteiger partial charge in [0.25, 0.3) is 0 Å². The lowest BCUT2D eigenvalue weighted by atomic mass is 9.78. The number of rotatable bonds is 7. The van der Waals surface area contributed by atoms with Gasteiger partial charge in [-0.3, -0.25) is 9.58 Å². The zero-order valence-electron chi connectivity index (χ0n) is 28.6. The molecular formula is C38H38N10O3. The van der Waals surface area contributed by atoms with Crippen molar-refractivity contribution in [2.75, 3.05) is 38.3 Å². The average molecular weight is 683 g/mol. The van der Waals surface area contributed by atoms with Crippen molar-refractivity contribution in [1.82, 2.24) is 34.3 Å². The number of pyridine rings is 3. The molecule has 9 rings (SSSR count). The average Bonchev–Trinajstić information content (AvgIpc) is 3.95. The monoisotopic (exact) mass is 682 g/mol. The van der Waals surface area contributed by atoms with Gasteiger partial charge in [0.15, 0.2) is 5.79 Å². The van der Waals surface area contributed by atoms with Crippen LogP contribution in [-0.4, -0.2) is 85.5 Å². The highest BCUT2D eigenvalue weighted by Gasteiger charge is 2.59. The van der Waals surface area contributed by atoms with Crippen LogP contribution in [0.1, 0.15) is 49.8 Å². The van der Waals surface area contributed by atoms with Gasteiger partial charge < -0.3 is 19.1 Å². The van der Waals surface area contributed by atoms with E-state index >= 15 is 0 Å². The van der Waals surface area contributed by atoms with Gasteiger partial charge in [0, 0.05) is 91.6 Å². The standard InChI is InChI=1S/C38H38N10O3/c1-37(23-40)24-45(19-25-3-6-34(49-2)42-15-25)32-22-46(36(32)37)33-5-4-26(16-41-33)31-13-27(20-48-35(31)28(14-39)17-44-48)29-18-43-47(21-29)30-7-9-38(10-8-30)50-11-12-51-38/h3-6,13,15-18,20-21,30,32,36H,7-12,19,22,24H2,1-2H3/t32-,36+,37+/m0/s1. The van der Waals surface area contributed by atoms with Crippen LogP contribution < -0.4 is 9.64 Å². The molecule has 0 bridgehead atoms. The molecule has 3 saturated heterocycles. The number of nitrogens with zero attached hydrogens (tertiary/aromatic N) is 10. The maximum absolute atomic E-state index is 10.3. The first-order valence-corrected chi connectivity index (χ1v) is 17.5. The maximum atomic E-state index is 10.3. The highest BCUT2D eigenvalue weighted by Crippen LogP contribution is 2.47. The molecule has 5 aromatic rings. The zero-order chi connectivity index (χ0) is 34.7. The topological polar surface area (TPSA) is 143 Å². The zero-order valence-corrected chi connectivity index (χ0v) is 28.6. The molecule has 5 aromatic heterocycles. The summed E-state index contributed by atoms with van der Waals surface area (Å²) >= 11 is 0. The molecule has 8 heterocycles. The molecule has 1 spiro atoms. The smallest absolute Gasteiger partial charge is 0.212 e.